The summed E-state index contributed by atoms with van der Waals surface area (Å²) in [6, 6.07) is 55.7. The number of rotatable bonds is 19. The first kappa shape index (κ1) is 85.4. The van der Waals surface area contributed by atoms with Crippen LogP contribution in [0.5, 0.6) is 0 Å². The normalized spacial score (nSPS) is 15.1. The van der Waals surface area contributed by atoms with Crippen molar-refractivity contribution in [2.45, 2.75) is 194 Å². The first-order valence-electron chi connectivity index (χ1n) is 32.4. The molecule has 0 aliphatic heterocycles. The number of nitrogens with zero attached hydrogens (tertiary/aromatic N) is 3. The summed E-state index contributed by atoms with van der Waals surface area (Å²) >= 11 is 11.7. The molecule has 0 atom stereocenters. The van der Waals surface area contributed by atoms with Crippen molar-refractivity contribution in [3.63, 3.8) is 0 Å². The molecule has 9 nitrogen and oxygen atoms in total. The van der Waals surface area contributed by atoms with Crippen molar-refractivity contribution in [1.82, 2.24) is 23.7 Å². The largest absolute Gasteiger partial charge is 0.261 e. The maximum Gasteiger partial charge on any atom is 0.0330 e. The molecule has 1 amide bonds. The molecule has 11 rings (SSSR count). The molecule has 0 bridgehead atoms. The van der Waals surface area contributed by atoms with Gasteiger partial charge < -0.3 is 5.73 Å². The van der Waals surface area contributed by atoms with Crippen LogP contribution in [0.3, 0.4) is 0 Å². The van der Waals surface area contributed by atoms with Gasteiger partial charge in [0.1, 0.15) is 0 Å². The number of carbonyl (C=O) groups excluding carboxylic acids is 2. The molecule has 1 radical (unpaired) electrons. The molecule has 522 valence electrons. The quantitative estimate of drug-likeness (QED) is 0.0178. The number of nitrogens with two attached hydrogens (primary N) is 1. The molecule has 0 saturated heterocycles. The molecule has 4 aliphatic carbocycles. The Hall–Kier alpha value is -2.98. The molecule has 5 aromatic carbocycles. The van der Waals surface area contributed by atoms with E-state index in [0.29, 0.717) is 17.9 Å². The Kier molecular flexibility index (Phi) is 45.6. The molecular weight excluding hydrogens is 1650 g/mol. The van der Waals surface area contributed by atoms with Crippen molar-refractivity contribution in [3.05, 3.63) is 239 Å². The third-order valence-corrected chi connectivity index (χ3v) is 21.4. The van der Waals surface area contributed by atoms with Gasteiger partial charge in [-0.25, -0.2) is 0 Å². The van der Waals surface area contributed by atoms with Crippen LogP contribution in [0, 0.1) is 44.1 Å². The Bertz CT molecular complexity index is 3030. The van der Waals surface area contributed by atoms with Gasteiger partial charge in [-0.3, -0.25) is 33.3 Å². The SMILES string of the molecule is NC1CCCCC1.O=C(Cl)c1cnccc1C(F)(F)F.O=C(c1cnccc1C(F)(F)F)N(SCc1ccccc1)C1CCCCC1.[Ac].[O]=[Ag].c1ccc(CSNC2CCCCC2)cc1.c1ccc(CSNC2CCCCC2)cc1.c1ccc(CSSCc2ccccc2)cc1. The number of nitrogens with one attached hydrogen (secondary N) is 2. The smallest absolute Gasteiger partial charge is 0.0330 e. The van der Waals surface area contributed by atoms with Crippen LogP contribution in [0.4, 0.5) is 26.3 Å². The summed E-state index contributed by atoms with van der Waals surface area (Å²) in [6.45, 7) is 0. The van der Waals surface area contributed by atoms with Gasteiger partial charge in [-0.05, 0) is 115 Å². The van der Waals surface area contributed by atoms with E-state index in [2.05, 4.69) is 141 Å². The van der Waals surface area contributed by atoms with Gasteiger partial charge in [-0.15, -0.1) is 0 Å². The maximum atomic E-state index is 13.4. The zero-order valence-corrected chi connectivity index (χ0v) is 65.2. The van der Waals surface area contributed by atoms with Crippen LogP contribution < -0.4 is 15.2 Å². The monoisotopic (exact) mass is 1740 g/mol. The number of pyridine rings is 2. The Morgan fingerprint density at radius 1 is 0.458 bits per heavy atom. The minimum atomic E-state index is -4.59. The third-order valence-electron chi connectivity index (χ3n) is 15.8. The zero-order chi connectivity index (χ0) is 68.2. The molecule has 0 spiro atoms. The first-order valence-corrected chi connectivity index (χ1v) is 38.8. The number of hydrogen-bond donors (Lipinski definition) is 3. The summed E-state index contributed by atoms with van der Waals surface area (Å²) in [5.74, 6) is 4.25. The summed E-state index contributed by atoms with van der Waals surface area (Å²) in [4.78, 5) is 30.8. The predicted molar refractivity (Wildman–Crippen MR) is 382 cm³/mol. The number of hydrogen-bond acceptors (Lipinski definition) is 13. The predicted octanol–water partition coefficient (Wildman–Crippen LogP) is 21.6. The second kappa shape index (κ2) is 51.2. The van der Waals surface area contributed by atoms with E-state index in [-0.39, 0.29) is 55.7 Å². The number of alkyl halides is 6. The van der Waals surface area contributed by atoms with Crippen molar-refractivity contribution < 1.29 is 104 Å². The fourth-order valence-corrected chi connectivity index (χ4v) is 15.9. The molecule has 4 fully saturated rings. The van der Waals surface area contributed by atoms with Crippen LogP contribution in [0.1, 0.15) is 188 Å². The molecule has 4 aliphatic rings. The summed E-state index contributed by atoms with van der Waals surface area (Å²) in [7, 11) is 3.84. The Morgan fingerprint density at radius 3 is 1.09 bits per heavy atom. The summed E-state index contributed by atoms with van der Waals surface area (Å²) in [6.07, 6.45) is 20.0. The van der Waals surface area contributed by atoms with Gasteiger partial charge in [0.2, 0.25) is 0 Å². The summed E-state index contributed by atoms with van der Waals surface area (Å²) < 4.78 is 93.4. The molecule has 4 saturated carbocycles. The van der Waals surface area contributed by atoms with E-state index < -0.39 is 40.2 Å². The second-order valence-corrected chi connectivity index (χ2v) is 28.5. The van der Waals surface area contributed by atoms with Crippen LogP contribution in [0.15, 0.2) is 189 Å². The maximum absolute atomic E-state index is 13.4. The van der Waals surface area contributed by atoms with Gasteiger partial charge in [0.15, 0.2) is 0 Å². The van der Waals surface area contributed by atoms with Gasteiger partial charge in [-0.1, -0.05) is 274 Å². The van der Waals surface area contributed by atoms with Crippen LogP contribution in [-0.4, -0.2) is 49.6 Å². The average molecular weight is 1740 g/mol. The second-order valence-electron chi connectivity index (χ2n) is 23.1. The minimum absolute atomic E-state index is 0. The molecule has 96 heavy (non-hydrogen) atoms. The van der Waals surface area contributed by atoms with Crippen molar-refractivity contribution in [2.24, 2.45) is 5.73 Å². The first-order chi connectivity index (χ1) is 46.1. The summed E-state index contributed by atoms with van der Waals surface area (Å²) in [5.41, 5.74) is 9.27. The molecular formula is C73H89AcAgClF6N6O3S5. The third kappa shape index (κ3) is 36.1. The van der Waals surface area contributed by atoms with E-state index in [1.54, 1.807) is 25.3 Å². The molecule has 7 aromatic rings. The molecule has 2 heterocycles. The fraction of sp³-hybridized carbons (Fsp3) is 0.425. The molecule has 0 unspecified atom stereocenters. The van der Waals surface area contributed by atoms with Gasteiger partial charge in [0.05, 0.1) is 22.3 Å². The van der Waals surface area contributed by atoms with E-state index in [0.717, 1.165) is 104 Å². The Labute approximate surface area is 639 Å². The van der Waals surface area contributed by atoms with E-state index in [4.69, 9.17) is 20.6 Å². The van der Waals surface area contributed by atoms with Crippen LogP contribution in [0.2, 0.25) is 0 Å². The zero-order valence-electron chi connectivity index (χ0n) is 54.1. The Balaban J connectivity index is 0.000000252. The van der Waals surface area contributed by atoms with Crippen LogP contribution >= 0.6 is 69.0 Å². The van der Waals surface area contributed by atoms with Gasteiger partial charge in [-0.2, -0.15) is 26.3 Å². The number of amides is 1. The number of carbonyl (C=O) groups is 2. The van der Waals surface area contributed by atoms with Crippen LogP contribution in [-0.2, 0) is 65.4 Å². The Morgan fingerprint density at radius 2 is 0.771 bits per heavy atom. The standard InChI is InChI=1S/C20H21F3N2OS.C14H14S2.2C13H19NS.C7H3ClF3NO.C6H13N.Ac.Ag.O/c21-20(22,23)18-11-12-24-13-17(18)19(26)25(16-9-5-2-6-10-16)27-14-15-7-3-1-4-8-15;1-3-7-13(8-4-1)11-15-16-12-14-9-5-2-6-10-14;2*1-3-7-12(8-4-1)11-15-14-13-9-5-2-6-10-13;8-6(13)4-3-12-2-1-5(4)7(9,10)11;7-6-4-2-1-3-5-6;;;/h1,3-4,7-8,11-13,16H,2,5-6,9-10,14H2;1-10H,11-12H2;2*1,3-4,7-8,13-14H,2,5-6,9-11H2;1-3H;6H,1-5,7H2;;;. The minimum Gasteiger partial charge on any atom is -0.261 e. The molecule has 23 heteroatoms. The van der Waals surface area contributed by atoms with E-state index in [1.165, 1.54) is 131 Å². The van der Waals surface area contributed by atoms with E-state index in [1.807, 2.05) is 75.8 Å². The van der Waals surface area contributed by atoms with Crippen LogP contribution in [0.25, 0.3) is 0 Å². The number of aromatic nitrogens is 2. The van der Waals surface area contributed by atoms with Crippen molar-refractivity contribution >= 4 is 80.2 Å². The van der Waals surface area contributed by atoms with E-state index >= 15 is 0 Å². The molecule has 4 N–H and O–H groups in total. The number of benzene rings is 5. The average Bonchev–Trinajstić information content (AvgIpc) is 0.817. The van der Waals surface area contributed by atoms with Crippen molar-refractivity contribution in [3.8, 4) is 0 Å². The van der Waals surface area contributed by atoms with Gasteiger partial charge >= 0.3 is 36.6 Å². The topological polar surface area (TPSA) is 130 Å². The van der Waals surface area contributed by atoms with Gasteiger partial charge in [0, 0.05) is 122 Å². The molecule has 2 aromatic heterocycles. The van der Waals surface area contributed by atoms with Crippen molar-refractivity contribution in [1.29, 1.82) is 0 Å². The fourth-order valence-electron chi connectivity index (χ4n) is 10.7. The van der Waals surface area contributed by atoms with Gasteiger partial charge in [0.25, 0.3) is 11.1 Å². The number of halogens is 7. The van der Waals surface area contributed by atoms with E-state index in [9.17, 15) is 35.9 Å². The summed E-state index contributed by atoms with van der Waals surface area (Å²) in [5, 5.41) is -1.17. The van der Waals surface area contributed by atoms with Crippen molar-refractivity contribution in [2.75, 3.05) is 0 Å².